The lowest BCUT2D eigenvalue weighted by Gasteiger charge is -2.23. The molecule has 0 atom stereocenters. The Kier molecular flexibility index (Phi) is 10.1. The quantitative estimate of drug-likeness (QED) is 0.278. The molecule has 6 nitrogen and oxygen atoms in total. The largest absolute Gasteiger partial charge is 0.496 e. The number of benzene rings is 1. The van der Waals surface area contributed by atoms with Crippen LogP contribution in [0.1, 0.15) is 24.5 Å². The molecule has 0 saturated heterocycles. The smallest absolute Gasteiger partial charge is 0.193 e. The van der Waals surface area contributed by atoms with Crippen LogP contribution in [-0.2, 0) is 20.0 Å². The molecule has 0 aliphatic carbocycles. The van der Waals surface area contributed by atoms with E-state index in [-0.39, 0.29) is 24.0 Å². The average molecular weight is 471 g/mol. The highest BCUT2D eigenvalue weighted by Crippen LogP contribution is 2.18. The van der Waals surface area contributed by atoms with E-state index in [0.717, 1.165) is 49.7 Å². The third-order valence-corrected chi connectivity index (χ3v) is 3.94. The highest BCUT2D eigenvalue weighted by molar-refractivity contribution is 14.0. The highest BCUT2D eigenvalue weighted by atomic mass is 127. The van der Waals surface area contributed by atoms with Crippen LogP contribution in [0, 0.1) is 0 Å². The summed E-state index contributed by atoms with van der Waals surface area (Å²) >= 11 is 0. The summed E-state index contributed by atoms with van der Waals surface area (Å²) in [6.45, 7) is 4.46. The van der Waals surface area contributed by atoms with Gasteiger partial charge in [0.15, 0.2) is 5.96 Å². The fourth-order valence-electron chi connectivity index (χ4n) is 2.70. The number of rotatable bonds is 8. The van der Waals surface area contributed by atoms with Crippen molar-refractivity contribution in [2.24, 2.45) is 12.0 Å². The van der Waals surface area contributed by atoms with Gasteiger partial charge in [0, 0.05) is 45.5 Å². The molecule has 2 aromatic rings. The molecule has 26 heavy (non-hydrogen) atoms. The van der Waals surface area contributed by atoms with Crippen molar-refractivity contribution < 1.29 is 4.74 Å². The van der Waals surface area contributed by atoms with Gasteiger partial charge in [-0.05, 0) is 31.4 Å². The van der Waals surface area contributed by atoms with E-state index < -0.39 is 0 Å². The van der Waals surface area contributed by atoms with Gasteiger partial charge in [0.2, 0.25) is 0 Å². The minimum absolute atomic E-state index is 0. The van der Waals surface area contributed by atoms with Crippen molar-refractivity contribution in [1.29, 1.82) is 0 Å². The topological polar surface area (TPSA) is 54.7 Å². The Morgan fingerprint density at radius 2 is 2.12 bits per heavy atom. The molecule has 1 aromatic carbocycles. The van der Waals surface area contributed by atoms with Crippen LogP contribution in [0.25, 0.3) is 0 Å². The standard InChI is InChI=1S/C19H29N5O.HI/c1-5-20-19(21-12-8-9-16-13-22-24(3)14-16)23(2)15-17-10-6-7-11-18(17)25-4;/h6-7,10-11,13-14H,5,8-9,12,15H2,1-4H3,(H,20,21);1H. The number of halogens is 1. The van der Waals surface area contributed by atoms with E-state index in [1.165, 1.54) is 5.56 Å². The molecular formula is C19H30IN5O. The normalized spacial score (nSPS) is 11.0. The van der Waals surface area contributed by atoms with Crippen molar-refractivity contribution in [1.82, 2.24) is 20.0 Å². The number of nitrogens with one attached hydrogen (secondary N) is 1. The van der Waals surface area contributed by atoms with Crippen LogP contribution in [0.3, 0.4) is 0 Å². The molecule has 1 aromatic heterocycles. The molecule has 1 heterocycles. The number of ether oxygens (including phenoxy) is 1. The predicted molar refractivity (Wildman–Crippen MR) is 117 cm³/mol. The van der Waals surface area contributed by atoms with Crippen LogP contribution in [0.2, 0.25) is 0 Å². The van der Waals surface area contributed by atoms with Gasteiger partial charge >= 0.3 is 0 Å². The number of guanidine groups is 1. The first-order chi connectivity index (χ1) is 12.1. The molecule has 0 amide bonds. The number of hydrogen-bond donors (Lipinski definition) is 1. The second-order valence-electron chi connectivity index (χ2n) is 6.03. The molecule has 7 heteroatoms. The summed E-state index contributed by atoms with van der Waals surface area (Å²) in [5, 5.41) is 7.56. The van der Waals surface area contributed by atoms with Gasteiger partial charge in [-0.25, -0.2) is 0 Å². The van der Waals surface area contributed by atoms with E-state index >= 15 is 0 Å². The first kappa shape index (κ1) is 22.3. The Morgan fingerprint density at radius 3 is 2.77 bits per heavy atom. The Bertz CT molecular complexity index is 686. The zero-order valence-corrected chi connectivity index (χ0v) is 18.4. The highest BCUT2D eigenvalue weighted by Gasteiger charge is 2.09. The number of aromatic nitrogens is 2. The van der Waals surface area contributed by atoms with Crippen molar-refractivity contribution in [3.63, 3.8) is 0 Å². The van der Waals surface area contributed by atoms with Crippen molar-refractivity contribution >= 4 is 29.9 Å². The third-order valence-electron chi connectivity index (χ3n) is 3.94. The van der Waals surface area contributed by atoms with E-state index in [9.17, 15) is 0 Å². The van der Waals surface area contributed by atoms with Gasteiger partial charge in [-0.15, -0.1) is 24.0 Å². The van der Waals surface area contributed by atoms with Gasteiger partial charge in [0.05, 0.1) is 13.3 Å². The summed E-state index contributed by atoms with van der Waals surface area (Å²) in [7, 11) is 5.70. The Hall–Kier alpha value is -1.77. The minimum Gasteiger partial charge on any atom is -0.496 e. The zero-order valence-electron chi connectivity index (χ0n) is 16.1. The third kappa shape index (κ3) is 6.86. The van der Waals surface area contributed by atoms with Gasteiger partial charge in [0.25, 0.3) is 0 Å². The van der Waals surface area contributed by atoms with Gasteiger partial charge in [-0.1, -0.05) is 18.2 Å². The van der Waals surface area contributed by atoms with Crippen molar-refractivity contribution in [2.45, 2.75) is 26.3 Å². The van der Waals surface area contributed by atoms with E-state index in [4.69, 9.17) is 9.73 Å². The van der Waals surface area contributed by atoms with Crippen LogP contribution in [0.5, 0.6) is 5.75 Å². The molecule has 0 saturated carbocycles. The van der Waals surface area contributed by atoms with Crippen molar-refractivity contribution in [3.8, 4) is 5.75 Å². The molecule has 0 spiro atoms. The summed E-state index contributed by atoms with van der Waals surface area (Å²) < 4.78 is 7.28. The lowest BCUT2D eigenvalue weighted by atomic mass is 10.2. The van der Waals surface area contributed by atoms with Crippen molar-refractivity contribution in [2.75, 3.05) is 27.2 Å². The monoisotopic (exact) mass is 471 g/mol. The first-order valence-electron chi connectivity index (χ1n) is 8.73. The molecule has 144 valence electrons. The van der Waals surface area contributed by atoms with Gasteiger partial charge in [-0.3, -0.25) is 9.67 Å². The number of methoxy groups -OCH3 is 1. The summed E-state index contributed by atoms with van der Waals surface area (Å²) in [4.78, 5) is 6.88. The van der Waals surface area contributed by atoms with Crippen LogP contribution in [0.15, 0.2) is 41.7 Å². The molecule has 0 aliphatic heterocycles. The molecular weight excluding hydrogens is 441 g/mol. The number of aliphatic imine (C=N–C) groups is 1. The maximum Gasteiger partial charge on any atom is 0.193 e. The van der Waals surface area contributed by atoms with Crippen LogP contribution >= 0.6 is 24.0 Å². The summed E-state index contributed by atoms with van der Waals surface area (Å²) in [5.74, 6) is 1.82. The van der Waals surface area contributed by atoms with Crippen LogP contribution < -0.4 is 10.1 Å². The lowest BCUT2D eigenvalue weighted by Crippen LogP contribution is -2.38. The van der Waals surface area contributed by atoms with Gasteiger partial charge < -0.3 is 15.0 Å². The molecule has 0 bridgehead atoms. The Balaban J connectivity index is 0.00000338. The lowest BCUT2D eigenvalue weighted by molar-refractivity contribution is 0.396. The van der Waals surface area contributed by atoms with Crippen molar-refractivity contribution in [3.05, 3.63) is 47.8 Å². The van der Waals surface area contributed by atoms with Gasteiger partial charge in [0.1, 0.15) is 5.75 Å². The fourth-order valence-corrected chi connectivity index (χ4v) is 2.70. The van der Waals surface area contributed by atoms with Gasteiger partial charge in [-0.2, -0.15) is 5.10 Å². The average Bonchev–Trinajstić information content (AvgIpc) is 3.03. The molecule has 0 unspecified atom stereocenters. The van der Waals surface area contributed by atoms with Crippen LogP contribution in [0.4, 0.5) is 0 Å². The number of para-hydroxylation sites is 1. The van der Waals surface area contributed by atoms with Crippen LogP contribution in [-0.4, -0.2) is 47.9 Å². The summed E-state index contributed by atoms with van der Waals surface area (Å²) in [6, 6.07) is 8.09. The molecule has 0 aliphatic rings. The summed E-state index contributed by atoms with van der Waals surface area (Å²) in [5.41, 5.74) is 2.40. The fraction of sp³-hybridized carbons (Fsp3) is 0.474. The number of nitrogens with zero attached hydrogens (tertiary/aromatic N) is 4. The predicted octanol–water partition coefficient (Wildman–Crippen LogP) is 3.08. The maximum atomic E-state index is 5.44. The number of aryl methyl sites for hydroxylation is 2. The van der Waals surface area contributed by atoms with E-state index in [1.807, 2.05) is 36.1 Å². The Morgan fingerprint density at radius 1 is 1.35 bits per heavy atom. The van der Waals surface area contributed by atoms with E-state index in [1.54, 1.807) is 7.11 Å². The molecule has 2 rings (SSSR count). The second-order valence-corrected chi connectivity index (χ2v) is 6.03. The SMILES string of the molecule is CCNC(=NCCCc1cnn(C)c1)N(C)Cc1ccccc1OC.I. The second kappa shape index (κ2) is 11.8. The first-order valence-corrected chi connectivity index (χ1v) is 8.73. The molecule has 0 radical (unpaired) electrons. The molecule has 0 fully saturated rings. The zero-order chi connectivity index (χ0) is 18.1. The molecule has 1 N–H and O–H groups in total. The maximum absolute atomic E-state index is 5.44. The van der Waals surface area contributed by atoms with E-state index in [0.29, 0.717) is 0 Å². The van der Waals surface area contributed by atoms with E-state index in [2.05, 4.69) is 41.5 Å². The summed E-state index contributed by atoms with van der Waals surface area (Å²) in [6.07, 6.45) is 5.97. The number of hydrogen-bond acceptors (Lipinski definition) is 3. The minimum atomic E-state index is 0. The Labute approximate surface area is 173 Å².